The fourth-order valence-electron chi connectivity index (χ4n) is 2.72. The van der Waals surface area contributed by atoms with Gasteiger partial charge in [0.2, 0.25) is 5.91 Å². The molecule has 0 aromatic rings. The molecule has 0 spiro atoms. The molecule has 0 saturated carbocycles. The lowest BCUT2D eigenvalue weighted by Gasteiger charge is -2.11. The maximum atomic E-state index is 12.1. The first-order valence-corrected chi connectivity index (χ1v) is 8.17. The third-order valence-corrected chi connectivity index (χ3v) is 4.01. The minimum Gasteiger partial charge on any atom is -0.355 e. The Bertz CT molecular complexity index is 312. The molecule has 1 fully saturated rings. The average molecular weight is 279 g/mol. The topological polar surface area (TPSA) is 46.2 Å². The minimum atomic E-state index is -0.370. The van der Waals surface area contributed by atoms with Gasteiger partial charge < -0.3 is 5.32 Å². The molecular formula is C17H29NO2. The normalized spacial score (nSPS) is 19.2. The van der Waals surface area contributed by atoms with Crippen LogP contribution in [0.3, 0.4) is 0 Å². The van der Waals surface area contributed by atoms with Crippen LogP contribution in [-0.4, -0.2) is 18.2 Å². The smallest absolute Gasteiger partial charge is 0.230 e. The van der Waals surface area contributed by atoms with E-state index < -0.39 is 0 Å². The lowest BCUT2D eigenvalue weighted by atomic mass is 9.94. The summed E-state index contributed by atoms with van der Waals surface area (Å²) < 4.78 is 0. The summed E-state index contributed by atoms with van der Waals surface area (Å²) in [6, 6.07) is 0. The molecule has 3 nitrogen and oxygen atoms in total. The van der Waals surface area contributed by atoms with Crippen molar-refractivity contribution in [2.24, 2.45) is 5.92 Å². The Labute approximate surface area is 123 Å². The molecule has 0 aromatic heterocycles. The van der Waals surface area contributed by atoms with Crippen LogP contribution in [0.5, 0.6) is 0 Å². The highest BCUT2D eigenvalue weighted by molar-refractivity contribution is 6.01. The van der Waals surface area contributed by atoms with Gasteiger partial charge in [-0.3, -0.25) is 9.59 Å². The average Bonchev–Trinajstić information content (AvgIpc) is 2.66. The Balaban J connectivity index is 2.07. The quantitative estimate of drug-likeness (QED) is 0.376. The molecule has 1 heterocycles. The summed E-state index contributed by atoms with van der Waals surface area (Å²) in [7, 11) is 0. The zero-order valence-electron chi connectivity index (χ0n) is 12.7. The molecule has 1 aliphatic heterocycles. The Morgan fingerprint density at radius 3 is 2.60 bits per heavy atom. The van der Waals surface area contributed by atoms with Crippen molar-refractivity contribution in [1.82, 2.24) is 5.32 Å². The Morgan fingerprint density at radius 2 is 1.85 bits per heavy atom. The van der Waals surface area contributed by atoms with Gasteiger partial charge in [0.05, 0.1) is 5.92 Å². The SMILES string of the molecule is C=CCCCCCCCCC(=O)C1CCCCNC1=O. The summed E-state index contributed by atoms with van der Waals surface area (Å²) in [5, 5.41) is 2.84. The number of unbranched alkanes of at least 4 members (excludes halogenated alkanes) is 6. The van der Waals surface area contributed by atoms with Crippen molar-refractivity contribution in [3.63, 3.8) is 0 Å². The van der Waals surface area contributed by atoms with Gasteiger partial charge in [-0.05, 0) is 32.1 Å². The first-order chi connectivity index (χ1) is 9.75. The van der Waals surface area contributed by atoms with E-state index in [1.807, 2.05) is 6.08 Å². The van der Waals surface area contributed by atoms with Crippen molar-refractivity contribution < 1.29 is 9.59 Å². The first-order valence-electron chi connectivity index (χ1n) is 8.17. The van der Waals surface area contributed by atoms with Crippen LogP contribution < -0.4 is 5.32 Å². The van der Waals surface area contributed by atoms with E-state index in [0.717, 1.165) is 45.1 Å². The van der Waals surface area contributed by atoms with Gasteiger partial charge in [-0.25, -0.2) is 0 Å². The number of amides is 1. The van der Waals surface area contributed by atoms with Crippen LogP contribution >= 0.6 is 0 Å². The molecule has 0 aliphatic carbocycles. The number of allylic oxidation sites excluding steroid dienone is 1. The third kappa shape index (κ3) is 6.88. The number of rotatable bonds is 10. The van der Waals surface area contributed by atoms with Crippen LogP contribution in [0, 0.1) is 5.92 Å². The third-order valence-electron chi connectivity index (χ3n) is 4.01. The minimum absolute atomic E-state index is 0.0445. The van der Waals surface area contributed by atoms with Crippen LogP contribution in [0.4, 0.5) is 0 Å². The lowest BCUT2D eigenvalue weighted by molar-refractivity contribution is -0.133. The molecular weight excluding hydrogens is 250 g/mol. The van der Waals surface area contributed by atoms with Crippen molar-refractivity contribution in [2.45, 2.75) is 70.6 Å². The van der Waals surface area contributed by atoms with Gasteiger partial charge >= 0.3 is 0 Å². The van der Waals surface area contributed by atoms with E-state index in [1.165, 1.54) is 25.7 Å². The summed E-state index contributed by atoms with van der Waals surface area (Å²) in [6.45, 7) is 4.44. The van der Waals surface area contributed by atoms with E-state index >= 15 is 0 Å². The van der Waals surface area contributed by atoms with E-state index in [2.05, 4.69) is 11.9 Å². The largest absolute Gasteiger partial charge is 0.355 e. The van der Waals surface area contributed by atoms with Gasteiger partial charge in [-0.15, -0.1) is 6.58 Å². The van der Waals surface area contributed by atoms with Gasteiger partial charge in [0.1, 0.15) is 5.78 Å². The standard InChI is InChI=1S/C17H29NO2/c1-2-3-4-5-6-7-8-9-13-16(19)15-12-10-11-14-18-17(15)20/h2,15H,1,3-14H2,(H,18,20). The molecule has 1 atom stereocenters. The highest BCUT2D eigenvalue weighted by atomic mass is 16.2. The summed E-state index contributed by atoms with van der Waals surface area (Å²) >= 11 is 0. The lowest BCUT2D eigenvalue weighted by Crippen LogP contribution is -2.33. The molecule has 0 bridgehead atoms. The molecule has 0 aromatic carbocycles. The van der Waals surface area contributed by atoms with Crippen molar-refractivity contribution in [2.75, 3.05) is 6.54 Å². The Hall–Kier alpha value is -1.12. The Kier molecular flexibility index (Phi) is 9.01. The molecule has 1 rings (SSSR count). The van der Waals surface area contributed by atoms with Crippen LogP contribution in [0.25, 0.3) is 0 Å². The van der Waals surface area contributed by atoms with Crippen molar-refractivity contribution in [3.8, 4) is 0 Å². The first kappa shape index (κ1) is 16.9. The van der Waals surface area contributed by atoms with E-state index in [4.69, 9.17) is 0 Å². The number of nitrogens with one attached hydrogen (secondary N) is 1. The van der Waals surface area contributed by atoms with Gasteiger partial charge in [-0.1, -0.05) is 38.2 Å². The van der Waals surface area contributed by atoms with Crippen LogP contribution in [0.15, 0.2) is 12.7 Å². The summed E-state index contributed by atoms with van der Waals surface area (Å²) in [5.74, 6) is -0.266. The van der Waals surface area contributed by atoms with Gasteiger partial charge in [0.25, 0.3) is 0 Å². The number of ketones is 1. The summed E-state index contributed by atoms with van der Waals surface area (Å²) in [5.41, 5.74) is 0. The van der Waals surface area contributed by atoms with Crippen molar-refractivity contribution in [3.05, 3.63) is 12.7 Å². The molecule has 1 aliphatic rings. The monoisotopic (exact) mass is 279 g/mol. The zero-order chi connectivity index (χ0) is 14.6. The fourth-order valence-corrected chi connectivity index (χ4v) is 2.72. The predicted molar refractivity (Wildman–Crippen MR) is 82.5 cm³/mol. The maximum Gasteiger partial charge on any atom is 0.230 e. The van der Waals surface area contributed by atoms with E-state index in [0.29, 0.717) is 6.42 Å². The second kappa shape index (κ2) is 10.6. The van der Waals surface area contributed by atoms with Crippen LogP contribution in [0.1, 0.15) is 70.6 Å². The molecule has 1 amide bonds. The zero-order valence-corrected chi connectivity index (χ0v) is 12.7. The second-order valence-electron chi connectivity index (χ2n) is 5.75. The summed E-state index contributed by atoms with van der Waals surface area (Å²) in [4.78, 5) is 23.8. The maximum absolute atomic E-state index is 12.1. The highest BCUT2D eigenvalue weighted by Gasteiger charge is 2.26. The van der Waals surface area contributed by atoms with E-state index in [-0.39, 0.29) is 17.6 Å². The number of carbonyl (C=O) groups excluding carboxylic acids is 2. The molecule has 114 valence electrons. The number of hydrogen-bond donors (Lipinski definition) is 1. The van der Waals surface area contributed by atoms with E-state index in [9.17, 15) is 9.59 Å². The van der Waals surface area contributed by atoms with Gasteiger partial charge in [-0.2, -0.15) is 0 Å². The van der Waals surface area contributed by atoms with Gasteiger partial charge in [0.15, 0.2) is 0 Å². The van der Waals surface area contributed by atoms with Gasteiger partial charge in [0, 0.05) is 13.0 Å². The number of Topliss-reactive ketones (excluding diaryl/α,β-unsaturated/α-hetero) is 1. The van der Waals surface area contributed by atoms with E-state index in [1.54, 1.807) is 0 Å². The van der Waals surface area contributed by atoms with Crippen molar-refractivity contribution >= 4 is 11.7 Å². The molecule has 20 heavy (non-hydrogen) atoms. The van der Waals surface area contributed by atoms with Crippen LogP contribution in [0.2, 0.25) is 0 Å². The van der Waals surface area contributed by atoms with Crippen molar-refractivity contribution in [1.29, 1.82) is 0 Å². The molecule has 0 radical (unpaired) electrons. The predicted octanol–water partition coefficient (Wildman–Crippen LogP) is 3.78. The number of carbonyl (C=O) groups is 2. The Morgan fingerprint density at radius 1 is 1.15 bits per heavy atom. The summed E-state index contributed by atoms with van der Waals surface area (Å²) in [6.07, 6.45) is 13.3. The van der Waals surface area contributed by atoms with Crippen LogP contribution in [-0.2, 0) is 9.59 Å². The molecule has 1 saturated heterocycles. The fraction of sp³-hybridized carbons (Fsp3) is 0.765. The second-order valence-corrected chi connectivity index (χ2v) is 5.75. The molecule has 3 heteroatoms. The molecule has 1 N–H and O–H groups in total. The highest BCUT2D eigenvalue weighted by Crippen LogP contribution is 2.17. The number of hydrogen-bond acceptors (Lipinski definition) is 2. The molecule has 1 unspecified atom stereocenters.